The lowest BCUT2D eigenvalue weighted by molar-refractivity contribution is -0.0235. The molecular formula is C13H13NO3. The summed E-state index contributed by atoms with van der Waals surface area (Å²) in [6, 6.07) is 6.66. The van der Waals surface area contributed by atoms with E-state index in [4.69, 9.17) is 0 Å². The molecule has 3 atom stereocenters. The van der Waals surface area contributed by atoms with Gasteiger partial charge in [-0.1, -0.05) is 30.4 Å². The Morgan fingerprint density at radius 2 is 2.00 bits per heavy atom. The number of carbonyl (C=O) groups excluding carboxylic acids is 1. The zero-order chi connectivity index (χ0) is 12.0. The maximum atomic E-state index is 12.2. The van der Waals surface area contributed by atoms with Crippen molar-refractivity contribution in [3.63, 3.8) is 0 Å². The first-order valence-electron chi connectivity index (χ1n) is 5.64. The van der Waals surface area contributed by atoms with Crippen LogP contribution in [0.1, 0.15) is 28.6 Å². The number of fused-ring (bicyclic) bond motifs is 1. The van der Waals surface area contributed by atoms with Crippen LogP contribution in [0.15, 0.2) is 36.4 Å². The van der Waals surface area contributed by atoms with Crippen molar-refractivity contribution in [1.82, 2.24) is 4.90 Å². The second-order valence-corrected chi connectivity index (χ2v) is 4.40. The first-order valence-corrected chi connectivity index (χ1v) is 5.64. The number of aliphatic hydroxyl groups excluding tert-OH is 2. The molecule has 1 aliphatic carbocycles. The van der Waals surface area contributed by atoms with E-state index in [9.17, 15) is 15.0 Å². The molecule has 1 amide bonds. The van der Waals surface area contributed by atoms with Gasteiger partial charge in [0.05, 0.1) is 12.1 Å². The third-order valence-corrected chi connectivity index (χ3v) is 3.43. The van der Waals surface area contributed by atoms with Crippen LogP contribution in [0, 0.1) is 0 Å². The number of hydrogen-bond donors (Lipinski definition) is 2. The fraction of sp³-hybridized carbons (Fsp3) is 0.308. The van der Waals surface area contributed by atoms with Crippen LogP contribution < -0.4 is 0 Å². The molecule has 1 aromatic rings. The van der Waals surface area contributed by atoms with Gasteiger partial charge in [0.1, 0.15) is 0 Å². The molecule has 1 heterocycles. The zero-order valence-electron chi connectivity index (χ0n) is 9.15. The minimum atomic E-state index is -0.946. The van der Waals surface area contributed by atoms with Gasteiger partial charge >= 0.3 is 0 Å². The molecule has 17 heavy (non-hydrogen) atoms. The second kappa shape index (κ2) is 3.68. The van der Waals surface area contributed by atoms with E-state index in [2.05, 4.69) is 0 Å². The first kappa shape index (κ1) is 10.5. The average Bonchev–Trinajstić information content (AvgIpc) is 2.84. The quantitative estimate of drug-likeness (QED) is 0.703. The molecule has 0 radical (unpaired) electrons. The van der Waals surface area contributed by atoms with Crippen molar-refractivity contribution >= 4 is 5.91 Å². The van der Waals surface area contributed by atoms with E-state index in [0.717, 1.165) is 0 Å². The van der Waals surface area contributed by atoms with E-state index in [0.29, 0.717) is 17.5 Å². The van der Waals surface area contributed by atoms with Gasteiger partial charge in [0.25, 0.3) is 5.91 Å². The molecule has 1 unspecified atom stereocenters. The van der Waals surface area contributed by atoms with Gasteiger partial charge in [-0.3, -0.25) is 4.79 Å². The molecular weight excluding hydrogens is 218 g/mol. The molecule has 2 N–H and O–H groups in total. The van der Waals surface area contributed by atoms with Gasteiger partial charge in [0, 0.05) is 11.1 Å². The van der Waals surface area contributed by atoms with Crippen LogP contribution in [0.5, 0.6) is 0 Å². The predicted octanol–water partition coefficient (Wildman–Crippen LogP) is 0.823. The molecule has 0 bridgehead atoms. The summed E-state index contributed by atoms with van der Waals surface area (Å²) in [5.41, 5.74) is 1.15. The number of nitrogens with zero attached hydrogens (tertiary/aromatic N) is 1. The lowest BCUT2D eigenvalue weighted by atomic mass is 10.1. The number of benzene rings is 1. The molecule has 0 fully saturated rings. The molecule has 1 aliphatic heterocycles. The highest BCUT2D eigenvalue weighted by Gasteiger charge is 2.42. The summed E-state index contributed by atoms with van der Waals surface area (Å²) in [6.07, 6.45) is 2.44. The number of hydrogen-bond acceptors (Lipinski definition) is 3. The standard InChI is InChI=1S/C13H13NO3/c15-11-7-3-6-10(11)14-12(16)8-4-1-2-5-9(8)13(14)17/h1-5,7,10-12,15-16H,6H2/t10-,11-,12?/m1/s1. The van der Waals surface area contributed by atoms with Crippen LogP contribution in [-0.4, -0.2) is 33.2 Å². The third kappa shape index (κ3) is 1.41. The zero-order valence-corrected chi connectivity index (χ0v) is 9.15. The van der Waals surface area contributed by atoms with Gasteiger partial charge < -0.3 is 15.1 Å². The largest absolute Gasteiger partial charge is 0.387 e. The molecule has 2 aliphatic rings. The minimum Gasteiger partial charge on any atom is -0.387 e. The van der Waals surface area contributed by atoms with Crippen LogP contribution in [0.25, 0.3) is 0 Å². The van der Waals surface area contributed by atoms with Crippen molar-refractivity contribution < 1.29 is 15.0 Å². The van der Waals surface area contributed by atoms with Crippen LogP contribution in [0.2, 0.25) is 0 Å². The Balaban J connectivity index is 1.98. The van der Waals surface area contributed by atoms with Crippen LogP contribution in [0.3, 0.4) is 0 Å². The van der Waals surface area contributed by atoms with E-state index in [1.165, 1.54) is 4.90 Å². The summed E-state index contributed by atoms with van der Waals surface area (Å²) in [7, 11) is 0. The Labute approximate surface area is 98.8 Å². The van der Waals surface area contributed by atoms with Crippen molar-refractivity contribution in [1.29, 1.82) is 0 Å². The van der Waals surface area contributed by atoms with Crippen LogP contribution >= 0.6 is 0 Å². The number of carbonyl (C=O) groups is 1. The van der Waals surface area contributed by atoms with Crippen molar-refractivity contribution in [2.75, 3.05) is 0 Å². The van der Waals surface area contributed by atoms with Gasteiger partial charge in [-0.2, -0.15) is 0 Å². The topological polar surface area (TPSA) is 60.8 Å². The normalized spacial score (nSPS) is 31.1. The highest BCUT2D eigenvalue weighted by Crippen LogP contribution is 2.36. The highest BCUT2D eigenvalue weighted by molar-refractivity contribution is 5.99. The van der Waals surface area contributed by atoms with Gasteiger partial charge in [-0.25, -0.2) is 0 Å². The molecule has 4 heteroatoms. The Morgan fingerprint density at radius 1 is 1.24 bits per heavy atom. The fourth-order valence-corrected chi connectivity index (χ4v) is 2.55. The van der Waals surface area contributed by atoms with Crippen LogP contribution in [-0.2, 0) is 0 Å². The summed E-state index contributed by atoms with van der Waals surface area (Å²) >= 11 is 0. The Bertz CT molecular complexity index is 497. The molecule has 3 rings (SSSR count). The smallest absolute Gasteiger partial charge is 0.256 e. The van der Waals surface area contributed by atoms with Gasteiger partial charge in [0.2, 0.25) is 0 Å². The summed E-state index contributed by atoms with van der Waals surface area (Å²) in [4.78, 5) is 13.5. The molecule has 0 saturated carbocycles. The maximum absolute atomic E-state index is 12.2. The highest BCUT2D eigenvalue weighted by atomic mass is 16.3. The molecule has 1 aromatic carbocycles. The van der Waals surface area contributed by atoms with E-state index in [1.807, 2.05) is 6.08 Å². The number of amides is 1. The lowest BCUT2D eigenvalue weighted by Crippen LogP contribution is -2.43. The molecule has 0 saturated heterocycles. The van der Waals surface area contributed by atoms with E-state index < -0.39 is 12.3 Å². The van der Waals surface area contributed by atoms with Gasteiger partial charge in [-0.15, -0.1) is 0 Å². The molecule has 88 valence electrons. The molecule has 0 aromatic heterocycles. The number of rotatable bonds is 1. The van der Waals surface area contributed by atoms with Crippen molar-refractivity contribution in [3.8, 4) is 0 Å². The predicted molar refractivity (Wildman–Crippen MR) is 61.1 cm³/mol. The van der Waals surface area contributed by atoms with E-state index in [1.54, 1.807) is 30.3 Å². The van der Waals surface area contributed by atoms with Crippen molar-refractivity contribution in [2.24, 2.45) is 0 Å². The molecule has 0 spiro atoms. The molecule has 4 nitrogen and oxygen atoms in total. The van der Waals surface area contributed by atoms with Crippen molar-refractivity contribution in [2.45, 2.75) is 24.8 Å². The van der Waals surface area contributed by atoms with E-state index >= 15 is 0 Å². The fourth-order valence-electron chi connectivity index (χ4n) is 2.55. The lowest BCUT2D eigenvalue weighted by Gasteiger charge is -2.29. The number of aliphatic hydroxyl groups is 2. The van der Waals surface area contributed by atoms with Gasteiger partial charge in [-0.05, 0) is 12.5 Å². The van der Waals surface area contributed by atoms with Gasteiger partial charge in [0.15, 0.2) is 6.23 Å². The maximum Gasteiger partial charge on any atom is 0.256 e. The monoisotopic (exact) mass is 231 g/mol. The van der Waals surface area contributed by atoms with Crippen molar-refractivity contribution in [3.05, 3.63) is 47.5 Å². The Kier molecular flexibility index (Phi) is 2.28. The van der Waals surface area contributed by atoms with Crippen LogP contribution in [0.4, 0.5) is 0 Å². The summed E-state index contributed by atoms with van der Waals surface area (Å²) in [5, 5.41) is 19.9. The van der Waals surface area contributed by atoms with E-state index in [-0.39, 0.29) is 11.9 Å². The minimum absolute atomic E-state index is 0.208. The first-order chi connectivity index (χ1) is 8.20. The summed E-state index contributed by atoms with van der Waals surface area (Å²) in [5.74, 6) is -0.208. The average molecular weight is 231 g/mol. The summed E-state index contributed by atoms with van der Waals surface area (Å²) in [6.45, 7) is 0. The SMILES string of the molecule is O=C1c2ccccc2C(O)N1[C@@H]1CC=C[C@H]1O. The summed E-state index contributed by atoms with van der Waals surface area (Å²) < 4.78 is 0. The Hall–Kier alpha value is -1.65. The second-order valence-electron chi connectivity index (χ2n) is 4.40. The third-order valence-electron chi connectivity index (χ3n) is 3.43. The Morgan fingerprint density at radius 3 is 2.65 bits per heavy atom.